The van der Waals surface area contributed by atoms with Gasteiger partial charge in [-0.1, -0.05) is 49.6 Å². The first kappa shape index (κ1) is 15.0. The molecule has 1 saturated carbocycles. The van der Waals surface area contributed by atoms with E-state index in [0.29, 0.717) is 6.42 Å². The molecule has 1 N–H and O–H groups in total. The Kier molecular flexibility index (Phi) is 5.60. The molecule has 20 heavy (non-hydrogen) atoms. The van der Waals surface area contributed by atoms with Gasteiger partial charge in [-0.2, -0.15) is 0 Å². The topological polar surface area (TPSA) is 46.5 Å². The third kappa shape index (κ3) is 3.83. The molecular formula is C17H24O3. The molecule has 1 aromatic rings. The van der Waals surface area contributed by atoms with E-state index < -0.39 is 12.0 Å². The van der Waals surface area contributed by atoms with Crippen molar-refractivity contribution in [3.8, 4) is 0 Å². The van der Waals surface area contributed by atoms with E-state index in [1.165, 1.54) is 13.5 Å². The first-order valence-electron chi connectivity index (χ1n) is 7.52. The van der Waals surface area contributed by atoms with Gasteiger partial charge >= 0.3 is 5.97 Å². The molecule has 2 atom stereocenters. The molecule has 0 aromatic heterocycles. The van der Waals surface area contributed by atoms with Crippen molar-refractivity contribution >= 4 is 5.97 Å². The monoisotopic (exact) mass is 276 g/mol. The molecule has 0 radical (unpaired) electrons. The van der Waals surface area contributed by atoms with Crippen molar-refractivity contribution in [1.82, 2.24) is 0 Å². The highest BCUT2D eigenvalue weighted by Crippen LogP contribution is 2.31. The second-order valence-corrected chi connectivity index (χ2v) is 5.71. The second kappa shape index (κ2) is 7.44. The van der Waals surface area contributed by atoms with Gasteiger partial charge < -0.3 is 9.84 Å². The fourth-order valence-corrected chi connectivity index (χ4v) is 3.17. The van der Waals surface area contributed by atoms with Crippen LogP contribution in [0.4, 0.5) is 0 Å². The van der Waals surface area contributed by atoms with Crippen LogP contribution in [-0.4, -0.2) is 24.3 Å². The van der Waals surface area contributed by atoms with Crippen molar-refractivity contribution in [1.29, 1.82) is 0 Å². The summed E-state index contributed by atoms with van der Waals surface area (Å²) in [6, 6.07) is 9.84. The molecule has 0 aliphatic heterocycles. The van der Waals surface area contributed by atoms with Crippen molar-refractivity contribution in [2.24, 2.45) is 11.8 Å². The van der Waals surface area contributed by atoms with Crippen LogP contribution in [0.25, 0.3) is 0 Å². The summed E-state index contributed by atoms with van der Waals surface area (Å²) in [6.07, 6.45) is 5.54. The average molecular weight is 276 g/mol. The first-order chi connectivity index (χ1) is 9.72. The maximum Gasteiger partial charge on any atom is 0.311 e. The second-order valence-electron chi connectivity index (χ2n) is 5.71. The highest BCUT2D eigenvalue weighted by atomic mass is 16.5. The highest BCUT2D eigenvalue weighted by Gasteiger charge is 2.34. The highest BCUT2D eigenvalue weighted by molar-refractivity contribution is 5.73. The number of rotatable bonds is 5. The molecule has 0 amide bonds. The van der Waals surface area contributed by atoms with Crippen LogP contribution in [0.1, 0.15) is 37.7 Å². The van der Waals surface area contributed by atoms with Crippen molar-refractivity contribution in [2.75, 3.05) is 7.11 Å². The minimum atomic E-state index is -0.594. The van der Waals surface area contributed by atoms with Gasteiger partial charge in [-0.15, -0.1) is 0 Å². The summed E-state index contributed by atoms with van der Waals surface area (Å²) in [7, 11) is 1.40. The van der Waals surface area contributed by atoms with Crippen LogP contribution in [0, 0.1) is 11.8 Å². The fraction of sp³-hybridized carbons (Fsp3) is 0.588. The Morgan fingerprint density at radius 3 is 2.50 bits per heavy atom. The number of carbonyl (C=O) groups excluding carboxylic acids is 1. The lowest BCUT2D eigenvalue weighted by Crippen LogP contribution is -2.37. The smallest absolute Gasteiger partial charge is 0.311 e. The van der Waals surface area contributed by atoms with Crippen LogP contribution >= 0.6 is 0 Å². The van der Waals surface area contributed by atoms with Crippen LogP contribution in [0.2, 0.25) is 0 Å². The average Bonchev–Trinajstić information content (AvgIpc) is 2.53. The van der Waals surface area contributed by atoms with Gasteiger partial charge in [0.05, 0.1) is 19.1 Å². The van der Waals surface area contributed by atoms with Crippen LogP contribution in [0.15, 0.2) is 30.3 Å². The number of hydrogen-bond donors (Lipinski definition) is 1. The molecule has 0 unspecified atom stereocenters. The predicted molar refractivity (Wildman–Crippen MR) is 78.2 cm³/mol. The molecular weight excluding hydrogens is 252 g/mol. The molecule has 2 rings (SSSR count). The van der Waals surface area contributed by atoms with Gasteiger partial charge in [0.1, 0.15) is 0 Å². The number of esters is 1. The van der Waals surface area contributed by atoms with Crippen molar-refractivity contribution in [2.45, 2.75) is 44.6 Å². The molecule has 1 aromatic carbocycles. The predicted octanol–water partition coefficient (Wildman–Crippen LogP) is 2.96. The summed E-state index contributed by atoms with van der Waals surface area (Å²) in [5.41, 5.74) is 1.07. The Morgan fingerprint density at radius 1 is 1.25 bits per heavy atom. The molecule has 0 heterocycles. The molecule has 3 nitrogen and oxygen atoms in total. The van der Waals surface area contributed by atoms with Crippen LogP contribution < -0.4 is 0 Å². The lowest BCUT2D eigenvalue weighted by atomic mass is 9.78. The summed E-state index contributed by atoms with van der Waals surface area (Å²) in [6.45, 7) is 0. The molecule has 1 aliphatic carbocycles. The van der Waals surface area contributed by atoms with Crippen molar-refractivity contribution < 1.29 is 14.6 Å². The summed E-state index contributed by atoms with van der Waals surface area (Å²) >= 11 is 0. The Bertz CT molecular complexity index is 410. The van der Waals surface area contributed by atoms with Crippen LogP contribution in [0.5, 0.6) is 0 Å². The number of aliphatic hydroxyl groups is 1. The van der Waals surface area contributed by atoms with Crippen LogP contribution in [-0.2, 0) is 16.0 Å². The van der Waals surface area contributed by atoms with Crippen molar-refractivity contribution in [3.63, 3.8) is 0 Å². The Balaban J connectivity index is 2.08. The van der Waals surface area contributed by atoms with Gasteiger partial charge in [0.25, 0.3) is 0 Å². The first-order valence-corrected chi connectivity index (χ1v) is 7.52. The van der Waals surface area contributed by atoms with E-state index in [4.69, 9.17) is 4.74 Å². The Labute approximate surface area is 121 Å². The standard InChI is InChI=1S/C17H24O3/c1-20-17(19)15(12-13-8-4-2-5-9-13)16(18)14-10-6-3-7-11-14/h2,4-5,8-9,14-16,18H,3,6-7,10-12H2,1H3/t15-,16+/m1/s1. The van der Waals surface area contributed by atoms with E-state index >= 15 is 0 Å². The summed E-state index contributed by atoms with van der Waals surface area (Å²) in [5, 5.41) is 10.6. The lowest BCUT2D eigenvalue weighted by Gasteiger charge is -2.31. The van der Waals surface area contributed by atoms with E-state index in [1.54, 1.807) is 0 Å². The summed E-state index contributed by atoms with van der Waals surface area (Å²) < 4.78 is 4.90. The number of methoxy groups -OCH3 is 1. The molecule has 0 saturated heterocycles. The molecule has 1 aliphatic rings. The number of benzene rings is 1. The zero-order valence-corrected chi connectivity index (χ0v) is 12.1. The molecule has 110 valence electrons. The van der Waals surface area contributed by atoms with Gasteiger partial charge in [0.15, 0.2) is 0 Å². The zero-order valence-electron chi connectivity index (χ0n) is 12.1. The quantitative estimate of drug-likeness (QED) is 0.841. The largest absolute Gasteiger partial charge is 0.469 e. The maximum absolute atomic E-state index is 12.0. The fourth-order valence-electron chi connectivity index (χ4n) is 3.17. The molecule has 0 spiro atoms. The maximum atomic E-state index is 12.0. The van der Waals surface area contributed by atoms with Gasteiger partial charge in [-0.05, 0) is 30.7 Å². The van der Waals surface area contributed by atoms with Crippen LogP contribution in [0.3, 0.4) is 0 Å². The van der Waals surface area contributed by atoms with E-state index in [1.807, 2.05) is 30.3 Å². The minimum absolute atomic E-state index is 0.233. The van der Waals surface area contributed by atoms with Gasteiger partial charge in [-0.3, -0.25) is 4.79 Å². The summed E-state index contributed by atoms with van der Waals surface area (Å²) in [4.78, 5) is 12.0. The van der Waals surface area contributed by atoms with E-state index in [-0.39, 0.29) is 11.9 Å². The SMILES string of the molecule is COC(=O)[C@H](Cc1ccccc1)[C@@H](O)C1CCCCC1. The molecule has 1 fully saturated rings. The number of aliphatic hydroxyl groups excluding tert-OH is 1. The minimum Gasteiger partial charge on any atom is -0.469 e. The van der Waals surface area contributed by atoms with E-state index in [9.17, 15) is 9.90 Å². The Hall–Kier alpha value is -1.35. The molecule has 3 heteroatoms. The number of hydrogen-bond acceptors (Lipinski definition) is 3. The van der Waals surface area contributed by atoms with Gasteiger partial charge in [0.2, 0.25) is 0 Å². The normalized spacial score (nSPS) is 19.3. The third-order valence-electron chi connectivity index (χ3n) is 4.35. The van der Waals surface area contributed by atoms with Gasteiger partial charge in [0, 0.05) is 0 Å². The summed E-state index contributed by atoms with van der Waals surface area (Å²) in [5.74, 6) is -0.519. The van der Waals surface area contributed by atoms with Crippen molar-refractivity contribution in [3.05, 3.63) is 35.9 Å². The molecule has 0 bridgehead atoms. The lowest BCUT2D eigenvalue weighted by molar-refractivity contribution is -0.151. The number of ether oxygens (including phenoxy) is 1. The third-order valence-corrected chi connectivity index (χ3v) is 4.35. The Morgan fingerprint density at radius 2 is 1.90 bits per heavy atom. The number of carbonyl (C=O) groups is 1. The van der Waals surface area contributed by atoms with Gasteiger partial charge in [-0.25, -0.2) is 0 Å². The van der Waals surface area contributed by atoms with E-state index in [0.717, 1.165) is 31.2 Å². The zero-order chi connectivity index (χ0) is 14.4. The van der Waals surface area contributed by atoms with E-state index in [2.05, 4.69) is 0 Å².